The zero-order valence-electron chi connectivity index (χ0n) is 12.5. The average molecular weight is 267 g/mol. The van der Waals surface area contributed by atoms with Crippen LogP contribution in [-0.4, -0.2) is 53.7 Å². The lowest BCUT2D eigenvalue weighted by Gasteiger charge is -2.40. The van der Waals surface area contributed by atoms with Crippen molar-refractivity contribution in [1.29, 1.82) is 5.26 Å². The average Bonchev–Trinajstić information content (AvgIpc) is 2.29. The molecular formula is C14H25N3O2. The molecule has 0 N–H and O–H groups in total. The number of nitrogens with zero attached hydrogens (tertiary/aromatic N) is 3. The smallest absolute Gasteiger partial charge is 0.410 e. The summed E-state index contributed by atoms with van der Waals surface area (Å²) in [7, 11) is 0. The summed E-state index contributed by atoms with van der Waals surface area (Å²) in [5.41, 5.74) is -0.440. The highest BCUT2D eigenvalue weighted by Gasteiger charge is 2.29. The van der Waals surface area contributed by atoms with Crippen molar-refractivity contribution in [3.8, 4) is 6.07 Å². The van der Waals surface area contributed by atoms with E-state index in [0.717, 1.165) is 19.5 Å². The molecule has 5 nitrogen and oxygen atoms in total. The molecule has 1 aliphatic rings. The molecule has 0 radical (unpaired) electrons. The van der Waals surface area contributed by atoms with Crippen molar-refractivity contribution in [3.63, 3.8) is 0 Å². The molecule has 1 rings (SSSR count). The van der Waals surface area contributed by atoms with Gasteiger partial charge in [0.05, 0.1) is 6.07 Å². The topological polar surface area (TPSA) is 56.6 Å². The molecule has 0 aromatic carbocycles. The van der Waals surface area contributed by atoms with Gasteiger partial charge in [-0.15, -0.1) is 0 Å². The fraction of sp³-hybridized carbons (Fsp3) is 0.857. The summed E-state index contributed by atoms with van der Waals surface area (Å²) in [5, 5.41) is 8.55. The van der Waals surface area contributed by atoms with Crippen LogP contribution < -0.4 is 0 Å². The van der Waals surface area contributed by atoms with Crippen LogP contribution in [0.4, 0.5) is 4.79 Å². The summed E-state index contributed by atoms with van der Waals surface area (Å²) in [6.45, 7) is 10.9. The highest BCUT2D eigenvalue weighted by Crippen LogP contribution is 2.15. The monoisotopic (exact) mass is 267 g/mol. The van der Waals surface area contributed by atoms with Crippen molar-refractivity contribution in [2.75, 3.05) is 26.2 Å². The summed E-state index contributed by atoms with van der Waals surface area (Å²) >= 11 is 0. The number of hydrogen-bond donors (Lipinski definition) is 0. The van der Waals surface area contributed by atoms with Gasteiger partial charge in [-0.3, -0.25) is 4.90 Å². The van der Waals surface area contributed by atoms with Gasteiger partial charge < -0.3 is 9.64 Å². The maximum absolute atomic E-state index is 12.0. The van der Waals surface area contributed by atoms with Crippen molar-refractivity contribution >= 4 is 6.09 Å². The quantitative estimate of drug-likeness (QED) is 0.736. The molecule has 0 bridgehead atoms. The third kappa shape index (κ3) is 5.48. The molecule has 1 aliphatic heterocycles. The molecule has 0 saturated carbocycles. The van der Waals surface area contributed by atoms with E-state index in [4.69, 9.17) is 10.00 Å². The maximum atomic E-state index is 12.0. The van der Waals surface area contributed by atoms with Crippen LogP contribution in [0.5, 0.6) is 0 Å². The van der Waals surface area contributed by atoms with E-state index in [0.29, 0.717) is 25.6 Å². The molecule has 19 heavy (non-hydrogen) atoms. The van der Waals surface area contributed by atoms with Crippen LogP contribution in [0.3, 0.4) is 0 Å². The van der Waals surface area contributed by atoms with Gasteiger partial charge in [0.15, 0.2) is 0 Å². The summed E-state index contributed by atoms with van der Waals surface area (Å²) < 4.78 is 5.38. The summed E-state index contributed by atoms with van der Waals surface area (Å²) in [4.78, 5) is 16.1. The fourth-order valence-electron chi connectivity index (χ4n) is 2.18. The van der Waals surface area contributed by atoms with Gasteiger partial charge in [-0.25, -0.2) is 4.79 Å². The Morgan fingerprint density at radius 1 is 1.42 bits per heavy atom. The minimum absolute atomic E-state index is 0.226. The summed E-state index contributed by atoms with van der Waals surface area (Å²) in [5.74, 6) is 0. The van der Waals surface area contributed by atoms with Gasteiger partial charge in [0.1, 0.15) is 5.60 Å². The Kier molecular flexibility index (Phi) is 5.61. The number of amides is 1. The first-order valence-electron chi connectivity index (χ1n) is 6.92. The number of nitriles is 1. The molecule has 1 saturated heterocycles. The Labute approximate surface area is 116 Å². The van der Waals surface area contributed by atoms with E-state index < -0.39 is 5.60 Å². The van der Waals surface area contributed by atoms with Gasteiger partial charge in [0, 0.05) is 32.1 Å². The normalized spacial score (nSPS) is 21.0. The second-order valence-corrected chi connectivity index (χ2v) is 6.07. The maximum Gasteiger partial charge on any atom is 0.410 e. The standard InChI is InChI=1S/C14H25N3O2/c1-12-11-17(13(18)19-14(2,3)4)10-9-16(12)8-6-5-7-15/h12H,5-6,8-11H2,1-4H3/t12-/m0/s1. The molecule has 0 aromatic heterocycles. The Morgan fingerprint density at radius 3 is 2.63 bits per heavy atom. The second-order valence-electron chi connectivity index (χ2n) is 6.07. The van der Waals surface area contributed by atoms with E-state index in [9.17, 15) is 4.79 Å². The van der Waals surface area contributed by atoms with Crippen LogP contribution in [0.25, 0.3) is 0 Å². The van der Waals surface area contributed by atoms with E-state index in [1.807, 2.05) is 20.8 Å². The predicted octanol–water partition coefficient (Wildman–Crippen LogP) is 2.23. The SMILES string of the molecule is C[C@H]1CN(C(=O)OC(C)(C)C)CCN1CCCC#N. The molecule has 0 spiro atoms. The number of piperazine rings is 1. The molecule has 0 aromatic rings. The predicted molar refractivity (Wildman–Crippen MR) is 73.7 cm³/mol. The van der Waals surface area contributed by atoms with E-state index >= 15 is 0 Å². The Hall–Kier alpha value is -1.28. The van der Waals surface area contributed by atoms with Crippen LogP contribution in [0.2, 0.25) is 0 Å². The van der Waals surface area contributed by atoms with E-state index in [1.165, 1.54) is 0 Å². The number of unbranched alkanes of at least 4 members (excludes halogenated alkanes) is 1. The lowest BCUT2D eigenvalue weighted by molar-refractivity contribution is 0.00574. The van der Waals surface area contributed by atoms with Crippen LogP contribution in [0, 0.1) is 11.3 Å². The number of carbonyl (C=O) groups excluding carboxylic acids is 1. The number of rotatable bonds is 3. The molecule has 1 heterocycles. The summed E-state index contributed by atoms with van der Waals surface area (Å²) in [6, 6.07) is 2.48. The first kappa shape index (κ1) is 15.8. The highest BCUT2D eigenvalue weighted by molar-refractivity contribution is 5.68. The van der Waals surface area contributed by atoms with Gasteiger partial charge in [-0.2, -0.15) is 5.26 Å². The number of ether oxygens (including phenoxy) is 1. The molecule has 1 atom stereocenters. The zero-order chi connectivity index (χ0) is 14.5. The fourth-order valence-corrected chi connectivity index (χ4v) is 2.18. The Bertz CT molecular complexity index is 344. The number of carbonyl (C=O) groups is 1. The Morgan fingerprint density at radius 2 is 2.11 bits per heavy atom. The lowest BCUT2D eigenvalue weighted by Crippen LogP contribution is -2.54. The van der Waals surface area contributed by atoms with Gasteiger partial charge in [-0.1, -0.05) is 0 Å². The molecule has 108 valence electrons. The highest BCUT2D eigenvalue weighted by atomic mass is 16.6. The molecule has 5 heteroatoms. The van der Waals surface area contributed by atoms with Crippen LogP contribution in [0.1, 0.15) is 40.5 Å². The largest absolute Gasteiger partial charge is 0.444 e. The summed E-state index contributed by atoms with van der Waals surface area (Å²) in [6.07, 6.45) is 1.27. The van der Waals surface area contributed by atoms with E-state index in [1.54, 1.807) is 4.90 Å². The third-order valence-corrected chi connectivity index (χ3v) is 3.15. The Balaban J connectivity index is 2.41. The first-order chi connectivity index (χ1) is 8.83. The first-order valence-corrected chi connectivity index (χ1v) is 6.92. The van der Waals surface area contributed by atoms with Gasteiger partial charge >= 0.3 is 6.09 Å². The minimum Gasteiger partial charge on any atom is -0.444 e. The van der Waals surface area contributed by atoms with E-state index in [2.05, 4.69) is 17.9 Å². The van der Waals surface area contributed by atoms with E-state index in [-0.39, 0.29) is 6.09 Å². The van der Waals surface area contributed by atoms with Crippen LogP contribution in [-0.2, 0) is 4.74 Å². The van der Waals surface area contributed by atoms with Gasteiger partial charge in [-0.05, 0) is 40.7 Å². The van der Waals surface area contributed by atoms with Crippen molar-refractivity contribution in [1.82, 2.24) is 9.80 Å². The van der Waals surface area contributed by atoms with Crippen molar-refractivity contribution in [2.24, 2.45) is 0 Å². The minimum atomic E-state index is -0.440. The molecule has 1 amide bonds. The van der Waals surface area contributed by atoms with Crippen LogP contribution >= 0.6 is 0 Å². The molecule has 0 aliphatic carbocycles. The van der Waals surface area contributed by atoms with Gasteiger partial charge in [0.2, 0.25) is 0 Å². The zero-order valence-corrected chi connectivity index (χ0v) is 12.5. The number of hydrogen-bond acceptors (Lipinski definition) is 4. The van der Waals surface area contributed by atoms with Crippen molar-refractivity contribution in [2.45, 2.75) is 52.2 Å². The molecule has 0 unspecified atom stereocenters. The van der Waals surface area contributed by atoms with Gasteiger partial charge in [0.25, 0.3) is 0 Å². The second kappa shape index (κ2) is 6.76. The van der Waals surface area contributed by atoms with Crippen LogP contribution in [0.15, 0.2) is 0 Å². The third-order valence-electron chi connectivity index (χ3n) is 3.15. The van der Waals surface area contributed by atoms with Crippen molar-refractivity contribution in [3.05, 3.63) is 0 Å². The molecule has 1 fully saturated rings. The lowest BCUT2D eigenvalue weighted by atomic mass is 10.1. The molecular weight excluding hydrogens is 242 g/mol. The van der Waals surface area contributed by atoms with Crippen molar-refractivity contribution < 1.29 is 9.53 Å².